The quantitative estimate of drug-likeness (QED) is 0.848. The molecule has 0 amide bonds. The molecule has 1 atom stereocenters. The van der Waals surface area contributed by atoms with Crippen LogP contribution in [0.3, 0.4) is 0 Å². The molecule has 1 heterocycles. The lowest BCUT2D eigenvalue weighted by molar-refractivity contribution is -0.142. The lowest BCUT2D eigenvalue weighted by Crippen LogP contribution is -2.20. The normalized spacial score (nSPS) is 13.2. The zero-order valence-electron chi connectivity index (χ0n) is 8.82. The molecule has 8 heteroatoms. The number of carboxylic acids is 1. The number of nitrogens with zero attached hydrogens (tertiary/aromatic N) is 2. The number of hydrogen-bond acceptors (Lipinski definition) is 4. The Balaban J connectivity index is 2.60. The van der Waals surface area contributed by atoms with Crippen molar-refractivity contribution in [3.05, 3.63) is 17.8 Å². The Hall–Kier alpha value is -1.86. The van der Waals surface area contributed by atoms with Gasteiger partial charge in [-0.3, -0.25) is 4.79 Å². The average molecular weight is 249 g/mol. The topological polar surface area (TPSA) is 75.1 Å². The molecular weight excluding hydrogens is 239 g/mol. The Bertz CT molecular complexity index is 391. The van der Waals surface area contributed by atoms with Crippen molar-refractivity contribution in [2.75, 3.05) is 11.9 Å². The van der Waals surface area contributed by atoms with Crippen molar-refractivity contribution in [1.82, 2.24) is 10.2 Å². The number of rotatable bonds is 4. The molecule has 0 aliphatic rings. The molecule has 0 aromatic carbocycles. The number of halogens is 3. The van der Waals surface area contributed by atoms with Crippen LogP contribution in [0.15, 0.2) is 12.1 Å². The molecule has 1 rings (SSSR count). The third-order valence-electron chi connectivity index (χ3n) is 1.97. The van der Waals surface area contributed by atoms with Crippen LogP contribution in [0, 0.1) is 5.92 Å². The molecule has 0 aliphatic heterocycles. The molecule has 0 spiro atoms. The minimum absolute atomic E-state index is 0.0649. The van der Waals surface area contributed by atoms with Crippen LogP contribution in [0.2, 0.25) is 0 Å². The number of carbonyl (C=O) groups is 1. The SMILES string of the molecule is CC(CNc1ccc(C(F)(F)F)nn1)C(=O)O. The fourth-order valence-electron chi connectivity index (χ4n) is 0.923. The Morgan fingerprint density at radius 3 is 2.53 bits per heavy atom. The molecule has 0 saturated carbocycles. The van der Waals surface area contributed by atoms with Crippen LogP contribution < -0.4 is 5.32 Å². The molecule has 0 saturated heterocycles. The van der Waals surface area contributed by atoms with Gasteiger partial charge in [-0.05, 0) is 12.1 Å². The second kappa shape index (κ2) is 4.98. The maximum atomic E-state index is 12.1. The van der Waals surface area contributed by atoms with Gasteiger partial charge in [0.2, 0.25) is 0 Å². The first-order valence-corrected chi connectivity index (χ1v) is 4.68. The molecule has 1 aromatic heterocycles. The van der Waals surface area contributed by atoms with Gasteiger partial charge in [0.1, 0.15) is 5.82 Å². The van der Waals surface area contributed by atoms with E-state index in [0.29, 0.717) is 0 Å². The Kier molecular flexibility index (Phi) is 3.87. The predicted molar refractivity (Wildman–Crippen MR) is 52.3 cm³/mol. The lowest BCUT2D eigenvalue weighted by Gasteiger charge is -2.09. The van der Waals surface area contributed by atoms with Crippen molar-refractivity contribution < 1.29 is 23.1 Å². The van der Waals surface area contributed by atoms with Gasteiger partial charge in [0.15, 0.2) is 5.69 Å². The van der Waals surface area contributed by atoms with Crippen molar-refractivity contribution in [3.63, 3.8) is 0 Å². The van der Waals surface area contributed by atoms with E-state index in [-0.39, 0.29) is 12.4 Å². The van der Waals surface area contributed by atoms with Gasteiger partial charge < -0.3 is 10.4 Å². The second-order valence-electron chi connectivity index (χ2n) is 3.42. The first-order valence-electron chi connectivity index (χ1n) is 4.68. The van der Waals surface area contributed by atoms with Gasteiger partial charge in [-0.2, -0.15) is 13.2 Å². The molecule has 0 fully saturated rings. The summed E-state index contributed by atoms with van der Waals surface area (Å²) in [6.45, 7) is 1.53. The summed E-state index contributed by atoms with van der Waals surface area (Å²) in [5, 5.41) is 17.5. The Morgan fingerprint density at radius 1 is 1.47 bits per heavy atom. The number of aromatic nitrogens is 2. The van der Waals surface area contributed by atoms with Crippen LogP contribution in [0.1, 0.15) is 12.6 Å². The van der Waals surface area contributed by atoms with E-state index >= 15 is 0 Å². The number of anilines is 1. The zero-order valence-corrected chi connectivity index (χ0v) is 8.82. The monoisotopic (exact) mass is 249 g/mol. The summed E-state index contributed by atoms with van der Waals surface area (Å²) < 4.78 is 36.4. The average Bonchev–Trinajstić information content (AvgIpc) is 2.25. The third-order valence-corrected chi connectivity index (χ3v) is 1.97. The van der Waals surface area contributed by atoms with Crippen LogP contribution in [0.25, 0.3) is 0 Å². The largest absolute Gasteiger partial charge is 0.481 e. The molecular formula is C9H10F3N3O2. The number of carboxylic acid groups (broad SMARTS) is 1. The molecule has 1 unspecified atom stereocenters. The smallest absolute Gasteiger partial charge is 0.435 e. The van der Waals surface area contributed by atoms with E-state index in [4.69, 9.17) is 5.11 Å². The summed E-state index contributed by atoms with van der Waals surface area (Å²) >= 11 is 0. The summed E-state index contributed by atoms with van der Waals surface area (Å²) in [6.07, 6.45) is -4.53. The molecule has 0 aliphatic carbocycles. The molecule has 2 N–H and O–H groups in total. The van der Waals surface area contributed by atoms with Gasteiger partial charge >= 0.3 is 12.1 Å². The van der Waals surface area contributed by atoms with Crippen LogP contribution in [-0.4, -0.2) is 27.8 Å². The van der Waals surface area contributed by atoms with E-state index in [0.717, 1.165) is 12.1 Å². The number of alkyl halides is 3. The highest BCUT2D eigenvalue weighted by Crippen LogP contribution is 2.26. The Labute approximate surface area is 94.7 Å². The zero-order chi connectivity index (χ0) is 13.1. The van der Waals surface area contributed by atoms with E-state index in [1.165, 1.54) is 6.92 Å². The van der Waals surface area contributed by atoms with Crippen LogP contribution in [0.5, 0.6) is 0 Å². The van der Waals surface area contributed by atoms with E-state index in [9.17, 15) is 18.0 Å². The minimum atomic E-state index is -4.53. The van der Waals surface area contributed by atoms with Crippen molar-refractivity contribution >= 4 is 11.8 Å². The highest BCUT2D eigenvalue weighted by atomic mass is 19.4. The van der Waals surface area contributed by atoms with Gasteiger partial charge in [0.25, 0.3) is 0 Å². The second-order valence-corrected chi connectivity index (χ2v) is 3.42. The van der Waals surface area contributed by atoms with Gasteiger partial charge in [0.05, 0.1) is 5.92 Å². The molecule has 0 radical (unpaired) electrons. The van der Waals surface area contributed by atoms with E-state index in [1.54, 1.807) is 0 Å². The standard InChI is InChI=1S/C9H10F3N3O2/c1-5(8(16)17)4-13-7-3-2-6(14-15-7)9(10,11)12/h2-3,5H,4H2,1H3,(H,13,15)(H,16,17). The van der Waals surface area contributed by atoms with Crippen molar-refractivity contribution in [1.29, 1.82) is 0 Å². The molecule has 1 aromatic rings. The van der Waals surface area contributed by atoms with Crippen LogP contribution in [0.4, 0.5) is 19.0 Å². The minimum Gasteiger partial charge on any atom is -0.481 e. The van der Waals surface area contributed by atoms with E-state index < -0.39 is 23.8 Å². The van der Waals surface area contributed by atoms with Crippen molar-refractivity contribution in [2.24, 2.45) is 5.92 Å². The summed E-state index contributed by atoms with van der Waals surface area (Å²) in [5.74, 6) is -1.57. The molecule has 5 nitrogen and oxygen atoms in total. The highest BCUT2D eigenvalue weighted by Gasteiger charge is 2.32. The van der Waals surface area contributed by atoms with Crippen LogP contribution in [-0.2, 0) is 11.0 Å². The van der Waals surface area contributed by atoms with Crippen LogP contribution >= 0.6 is 0 Å². The maximum Gasteiger partial charge on any atom is 0.435 e. The highest BCUT2D eigenvalue weighted by molar-refractivity contribution is 5.70. The third kappa shape index (κ3) is 3.89. The van der Waals surface area contributed by atoms with Gasteiger partial charge in [-0.15, -0.1) is 10.2 Å². The van der Waals surface area contributed by atoms with Gasteiger partial charge in [-0.25, -0.2) is 0 Å². The summed E-state index contributed by atoms with van der Waals surface area (Å²) in [4.78, 5) is 10.5. The van der Waals surface area contributed by atoms with Gasteiger partial charge in [-0.1, -0.05) is 6.92 Å². The number of hydrogen-bond donors (Lipinski definition) is 2. The van der Waals surface area contributed by atoms with Crippen molar-refractivity contribution in [3.8, 4) is 0 Å². The molecule has 0 bridgehead atoms. The van der Waals surface area contributed by atoms with E-state index in [1.807, 2.05) is 0 Å². The number of aliphatic carboxylic acids is 1. The summed E-state index contributed by atoms with van der Waals surface area (Å²) in [5.41, 5.74) is -1.09. The lowest BCUT2D eigenvalue weighted by atomic mass is 10.2. The first kappa shape index (κ1) is 13.2. The molecule has 94 valence electrons. The summed E-state index contributed by atoms with van der Waals surface area (Å²) in [7, 11) is 0. The molecule has 17 heavy (non-hydrogen) atoms. The predicted octanol–water partition coefficient (Wildman–Crippen LogP) is 1.63. The van der Waals surface area contributed by atoms with E-state index in [2.05, 4.69) is 15.5 Å². The summed E-state index contributed by atoms with van der Waals surface area (Å²) in [6, 6.07) is 1.88. The van der Waals surface area contributed by atoms with Gasteiger partial charge in [0, 0.05) is 6.54 Å². The fourth-order valence-corrected chi connectivity index (χ4v) is 0.923. The Morgan fingerprint density at radius 2 is 2.12 bits per heavy atom. The van der Waals surface area contributed by atoms with Crippen molar-refractivity contribution in [2.45, 2.75) is 13.1 Å². The fraction of sp³-hybridized carbons (Fsp3) is 0.444. The number of nitrogens with one attached hydrogen (secondary N) is 1. The maximum absolute atomic E-state index is 12.1. The first-order chi connectivity index (χ1) is 7.80.